The Kier molecular flexibility index (Phi) is 3.89. The summed E-state index contributed by atoms with van der Waals surface area (Å²) in [4.78, 5) is 0. The molecule has 0 unspecified atom stereocenters. The van der Waals surface area contributed by atoms with E-state index < -0.39 is 0 Å². The highest BCUT2D eigenvalue weighted by atomic mass is 35.5. The molecular weight excluding hydrogens is 234 g/mol. The Bertz CT molecular complexity index is 454. The number of aryl methyl sites for hydroxylation is 1. The van der Waals surface area contributed by atoms with Crippen molar-refractivity contribution in [3.8, 4) is 5.75 Å². The third kappa shape index (κ3) is 3.68. The highest BCUT2D eigenvalue weighted by Crippen LogP contribution is 2.17. The Hall–Kier alpha value is -1.67. The topological polar surface area (TPSA) is 21.3 Å². The summed E-state index contributed by atoms with van der Waals surface area (Å²) in [6, 6.07) is 15.5. The van der Waals surface area contributed by atoms with Crippen molar-refractivity contribution in [1.29, 1.82) is 0 Å². The number of rotatable bonds is 4. The summed E-state index contributed by atoms with van der Waals surface area (Å²) in [5.74, 6) is 0.762. The largest absolute Gasteiger partial charge is 0.473 e. The maximum Gasteiger partial charge on any atom is 0.159 e. The average molecular weight is 248 g/mol. The first-order valence-corrected chi connectivity index (χ1v) is 5.81. The smallest absolute Gasteiger partial charge is 0.159 e. The Balaban J connectivity index is 1.87. The molecule has 2 aromatic rings. The van der Waals surface area contributed by atoms with Crippen LogP contribution in [0.4, 0.5) is 5.69 Å². The zero-order chi connectivity index (χ0) is 12.1. The van der Waals surface area contributed by atoms with Crippen molar-refractivity contribution in [1.82, 2.24) is 0 Å². The fraction of sp³-hybridized carbons (Fsp3) is 0.143. The molecular formula is C14H14ClNO. The molecule has 88 valence electrons. The number of benzene rings is 2. The Morgan fingerprint density at radius 2 is 1.94 bits per heavy atom. The van der Waals surface area contributed by atoms with Gasteiger partial charge in [0.1, 0.15) is 5.75 Å². The van der Waals surface area contributed by atoms with Crippen molar-refractivity contribution >= 4 is 17.3 Å². The van der Waals surface area contributed by atoms with Crippen LogP contribution in [0.1, 0.15) is 5.56 Å². The predicted octanol–water partition coefficient (Wildman–Crippen LogP) is 4.10. The van der Waals surface area contributed by atoms with Gasteiger partial charge in [0.05, 0.1) is 0 Å². The lowest BCUT2D eigenvalue weighted by molar-refractivity contribution is 0.347. The minimum atomic E-state index is 0.420. The molecule has 0 saturated carbocycles. The quantitative estimate of drug-likeness (QED) is 0.822. The molecule has 0 saturated heterocycles. The minimum Gasteiger partial charge on any atom is -0.473 e. The van der Waals surface area contributed by atoms with Gasteiger partial charge in [-0.05, 0) is 42.8 Å². The molecule has 0 spiro atoms. The molecule has 0 amide bonds. The van der Waals surface area contributed by atoms with Crippen LogP contribution < -0.4 is 10.1 Å². The van der Waals surface area contributed by atoms with Crippen LogP contribution in [0.15, 0.2) is 48.5 Å². The zero-order valence-corrected chi connectivity index (χ0v) is 10.4. The van der Waals surface area contributed by atoms with Crippen LogP contribution in [0.2, 0.25) is 5.02 Å². The Morgan fingerprint density at radius 3 is 2.71 bits per heavy atom. The van der Waals surface area contributed by atoms with E-state index >= 15 is 0 Å². The summed E-state index contributed by atoms with van der Waals surface area (Å²) < 4.78 is 5.54. The van der Waals surface area contributed by atoms with Gasteiger partial charge in [-0.2, -0.15) is 0 Å². The average Bonchev–Trinajstić information content (AvgIpc) is 2.29. The van der Waals surface area contributed by atoms with E-state index in [9.17, 15) is 0 Å². The molecule has 0 aliphatic carbocycles. The summed E-state index contributed by atoms with van der Waals surface area (Å²) in [7, 11) is 0. The van der Waals surface area contributed by atoms with E-state index in [0.717, 1.165) is 11.4 Å². The minimum absolute atomic E-state index is 0.420. The van der Waals surface area contributed by atoms with Crippen molar-refractivity contribution in [2.45, 2.75) is 6.92 Å². The molecule has 0 fully saturated rings. The number of halogens is 1. The van der Waals surface area contributed by atoms with Crippen LogP contribution in [0, 0.1) is 6.92 Å². The van der Waals surface area contributed by atoms with Gasteiger partial charge in [0, 0.05) is 10.7 Å². The summed E-state index contributed by atoms with van der Waals surface area (Å²) in [6.45, 7) is 2.48. The van der Waals surface area contributed by atoms with Gasteiger partial charge in [0.15, 0.2) is 6.73 Å². The van der Waals surface area contributed by atoms with Crippen LogP contribution in [0.25, 0.3) is 0 Å². The number of nitrogens with one attached hydrogen (secondary N) is 1. The normalized spacial score (nSPS) is 10.0. The van der Waals surface area contributed by atoms with Crippen molar-refractivity contribution in [3.63, 3.8) is 0 Å². The van der Waals surface area contributed by atoms with Gasteiger partial charge >= 0.3 is 0 Å². The maximum absolute atomic E-state index is 5.86. The second kappa shape index (κ2) is 5.60. The molecule has 0 radical (unpaired) electrons. The second-order valence-corrected chi connectivity index (χ2v) is 4.23. The molecule has 17 heavy (non-hydrogen) atoms. The second-order valence-electron chi connectivity index (χ2n) is 3.79. The number of hydrogen-bond donors (Lipinski definition) is 1. The van der Waals surface area contributed by atoms with E-state index in [0.29, 0.717) is 11.8 Å². The fourth-order valence-electron chi connectivity index (χ4n) is 1.51. The van der Waals surface area contributed by atoms with Crippen LogP contribution >= 0.6 is 11.6 Å². The summed E-state index contributed by atoms with van der Waals surface area (Å²) >= 11 is 5.86. The Labute approximate surface area is 106 Å². The van der Waals surface area contributed by atoms with E-state index in [1.54, 1.807) is 6.07 Å². The number of hydrogen-bond acceptors (Lipinski definition) is 2. The van der Waals surface area contributed by atoms with Crippen molar-refractivity contribution in [2.24, 2.45) is 0 Å². The molecule has 2 aromatic carbocycles. The number of ether oxygens (including phenoxy) is 1. The van der Waals surface area contributed by atoms with E-state index in [1.807, 2.05) is 30.3 Å². The third-order valence-corrected chi connectivity index (χ3v) is 2.56. The van der Waals surface area contributed by atoms with E-state index in [1.165, 1.54) is 5.56 Å². The van der Waals surface area contributed by atoms with Gasteiger partial charge in [0.25, 0.3) is 0 Å². The van der Waals surface area contributed by atoms with Gasteiger partial charge in [-0.15, -0.1) is 0 Å². The van der Waals surface area contributed by atoms with E-state index in [2.05, 4.69) is 24.4 Å². The van der Waals surface area contributed by atoms with Crippen LogP contribution in [-0.4, -0.2) is 6.73 Å². The molecule has 0 aliphatic heterocycles. The van der Waals surface area contributed by atoms with Crippen LogP contribution in [-0.2, 0) is 0 Å². The van der Waals surface area contributed by atoms with Gasteiger partial charge in [-0.1, -0.05) is 29.8 Å². The first-order chi connectivity index (χ1) is 8.24. The SMILES string of the molecule is Cc1cccc(NCOc2cccc(Cl)c2)c1. The molecule has 2 nitrogen and oxygen atoms in total. The van der Waals surface area contributed by atoms with Gasteiger partial charge in [0.2, 0.25) is 0 Å². The fourth-order valence-corrected chi connectivity index (χ4v) is 1.69. The summed E-state index contributed by atoms with van der Waals surface area (Å²) in [5.41, 5.74) is 2.27. The van der Waals surface area contributed by atoms with Crippen LogP contribution in [0.5, 0.6) is 5.75 Å². The molecule has 1 N–H and O–H groups in total. The van der Waals surface area contributed by atoms with Crippen molar-refractivity contribution in [3.05, 3.63) is 59.1 Å². The molecule has 0 aromatic heterocycles. The lowest BCUT2D eigenvalue weighted by Crippen LogP contribution is -2.08. The van der Waals surface area contributed by atoms with E-state index in [4.69, 9.17) is 16.3 Å². The highest BCUT2D eigenvalue weighted by Gasteiger charge is 1.95. The molecule has 3 heteroatoms. The highest BCUT2D eigenvalue weighted by molar-refractivity contribution is 6.30. The van der Waals surface area contributed by atoms with Gasteiger partial charge in [-0.25, -0.2) is 0 Å². The van der Waals surface area contributed by atoms with Gasteiger partial charge in [-0.3, -0.25) is 0 Å². The zero-order valence-electron chi connectivity index (χ0n) is 9.61. The molecule has 0 heterocycles. The van der Waals surface area contributed by atoms with Gasteiger partial charge < -0.3 is 10.1 Å². The monoisotopic (exact) mass is 247 g/mol. The maximum atomic E-state index is 5.86. The van der Waals surface area contributed by atoms with Crippen molar-refractivity contribution < 1.29 is 4.74 Å². The number of anilines is 1. The molecule has 2 rings (SSSR count). The van der Waals surface area contributed by atoms with E-state index in [-0.39, 0.29) is 0 Å². The van der Waals surface area contributed by atoms with Crippen molar-refractivity contribution in [2.75, 3.05) is 12.0 Å². The summed E-state index contributed by atoms with van der Waals surface area (Å²) in [5, 5.41) is 3.87. The summed E-state index contributed by atoms with van der Waals surface area (Å²) in [6.07, 6.45) is 0. The lowest BCUT2D eigenvalue weighted by Gasteiger charge is -2.09. The predicted molar refractivity (Wildman–Crippen MR) is 71.7 cm³/mol. The first-order valence-electron chi connectivity index (χ1n) is 5.43. The standard InChI is InChI=1S/C14H14ClNO/c1-11-4-2-6-13(8-11)16-10-17-14-7-3-5-12(15)9-14/h2-9,16H,10H2,1H3. The molecule has 0 atom stereocenters. The lowest BCUT2D eigenvalue weighted by atomic mass is 10.2. The Morgan fingerprint density at radius 1 is 1.12 bits per heavy atom. The molecule has 0 bridgehead atoms. The molecule has 0 aliphatic rings. The first kappa shape index (κ1) is 11.8. The third-order valence-electron chi connectivity index (χ3n) is 2.33. The van der Waals surface area contributed by atoms with Crippen LogP contribution in [0.3, 0.4) is 0 Å².